The molecule has 0 bridgehead atoms. The number of carbonyl (C=O) groups excluding carboxylic acids is 1. The Balaban J connectivity index is 2.21. The van der Waals surface area contributed by atoms with Gasteiger partial charge in [0.05, 0.1) is 12.7 Å². The fourth-order valence-corrected chi connectivity index (χ4v) is 1.50. The predicted molar refractivity (Wildman–Crippen MR) is 63.7 cm³/mol. The monoisotopic (exact) mass is 230 g/mol. The summed E-state index contributed by atoms with van der Waals surface area (Å²) >= 11 is 0. The second kappa shape index (κ2) is 4.88. The molecule has 1 aromatic carbocycles. The van der Waals surface area contributed by atoms with Crippen LogP contribution in [0.4, 0.5) is 0 Å². The highest BCUT2D eigenvalue weighted by molar-refractivity contribution is 6.07. The van der Waals surface area contributed by atoms with Crippen molar-refractivity contribution in [2.75, 3.05) is 6.54 Å². The van der Waals surface area contributed by atoms with Gasteiger partial charge in [-0.2, -0.15) is 0 Å². The highest BCUT2D eigenvalue weighted by atomic mass is 16.1. The van der Waals surface area contributed by atoms with E-state index in [-0.39, 0.29) is 5.78 Å². The summed E-state index contributed by atoms with van der Waals surface area (Å²) < 4.78 is 1.57. The van der Waals surface area contributed by atoms with Gasteiger partial charge in [-0.25, -0.2) is 0 Å². The molecule has 88 valence electrons. The molecule has 5 heteroatoms. The molecule has 0 unspecified atom stereocenters. The van der Waals surface area contributed by atoms with Gasteiger partial charge >= 0.3 is 0 Å². The van der Waals surface area contributed by atoms with E-state index in [2.05, 4.69) is 10.3 Å². The molecule has 0 saturated heterocycles. The van der Waals surface area contributed by atoms with Gasteiger partial charge in [-0.15, -0.1) is 5.10 Å². The van der Waals surface area contributed by atoms with Gasteiger partial charge in [0, 0.05) is 12.1 Å². The zero-order chi connectivity index (χ0) is 12.3. The molecule has 2 rings (SSSR count). The van der Waals surface area contributed by atoms with E-state index in [1.165, 1.54) is 0 Å². The molecular weight excluding hydrogens is 216 g/mol. The van der Waals surface area contributed by atoms with Crippen LogP contribution >= 0.6 is 0 Å². The van der Waals surface area contributed by atoms with Crippen LogP contribution in [0.15, 0.2) is 30.5 Å². The van der Waals surface area contributed by atoms with Crippen LogP contribution in [-0.4, -0.2) is 27.3 Å². The molecule has 0 radical (unpaired) electrons. The zero-order valence-corrected chi connectivity index (χ0v) is 9.63. The van der Waals surface area contributed by atoms with Gasteiger partial charge in [-0.1, -0.05) is 35.0 Å². The summed E-state index contributed by atoms with van der Waals surface area (Å²) in [6.45, 7) is 3.02. The first-order chi connectivity index (χ1) is 8.20. The average Bonchev–Trinajstić information content (AvgIpc) is 2.78. The average molecular weight is 230 g/mol. The highest BCUT2D eigenvalue weighted by Gasteiger charge is 2.12. The number of nitrogens with zero attached hydrogens (tertiary/aromatic N) is 3. The Labute approximate surface area is 99.2 Å². The van der Waals surface area contributed by atoms with E-state index in [0.717, 1.165) is 5.56 Å². The van der Waals surface area contributed by atoms with Crippen LogP contribution in [0.1, 0.15) is 21.6 Å². The Bertz CT molecular complexity index is 516. The highest BCUT2D eigenvalue weighted by Crippen LogP contribution is 2.08. The van der Waals surface area contributed by atoms with Crippen LogP contribution in [0.5, 0.6) is 0 Å². The largest absolute Gasteiger partial charge is 0.329 e. The Kier molecular flexibility index (Phi) is 3.30. The minimum absolute atomic E-state index is 0.117. The van der Waals surface area contributed by atoms with Gasteiger partial charge in [-0.3, -0.25) is 9.48 Å². The van der Waals surface area contributed by atoms with E-state index >= 15 is 0 Å². The third-order valence-corrected chi connectivity index (χ3v) is 2.44. The second-order valence-corrected chi connectivity index (χ2v) is 3.85. The van der Waals surface area contributed by atoms with Crippen LogP contribution in [-0.2, 0) is 6.54 Å². The molecule has 1 aromatic heterocycles. The van der Waals surface area contributed by atoms with Gasteiger partial charge in [0.1, 0.15) is 0 Å². The molecule has 0 amide bonds. The fraction of sp³-hybridized carbons (Fsp3) is 0.250. The Morgan fingerprint density at radius 2 is 2.06 bits per heavy atom. The first kappa shape index (κ1) is 11.5. The zero-order valence-electron chi connectivity index (χ0n) is 9.63. The minimum atomic E-state index is -0.117. The van der Waals surface area contributed by atoms with Gasteiger partial charge < -0.3 is 5.73 Å². The van der Waals surface area contributed by atoms with Crippen molar-refractivity contribution in [1.82, 2.24) is 15.0 Å². The predicted octanol–water partition coefficient (Wildman–Crippen LogP) is 0.776. The maximum atomic E-state index is 12.0. The fourth-order valence-electron chi connectivity index (χ4n) is 1.50. The molecule has 0 aliphatic rings. The maximum Gasteiger partial charge on any atom is 0.214 e. The van der Waals surface area contributed by atoms with Crippen molar-refractivity contribution in [2.24, 2.45) is 5.73 Å². The van der Waals surface area contributed by atoms with Crippen molar-refractivity contribution in [1.29, 1.82) is 0 Å². The third-order valence-electron chi connectivity index (χ3n) is 2.44. The Morgan fingerprint density at radius 3 is 2.71 bits per heavy atom. The van der Waals surface area contributed by atoms with Crippen molar-refractivity contribution in [3.8, 4) is 0 Å². The molecule has 0 spiro atoms. The molecule has 0 saturated carbocycles. The van der Waals surface area contributed by atoms with Gasteiger partial charge in [-0.05, 0) is 6.92 Å². The van der Waals surface area contributed by atoms with Crippen molar-refractivity contribution in [3.63, 3.8) is 0 Å². The van der Waals surface area contributed by atoms with E-state index in [9.17, 15) is 4.79 Å². The summed E-state index contributed by atoms with van der Waals surface area (Å²) in [6.07, 6.45) is 1.62. The molecule has 2 N–H and O–H groups in total. The lowest BCUT2D eigenvalue weighted by atomic mass is 10.1. The molecule has 2 aromatic rings. The molecule has 5 nitrogen and oxygen atoms in total. The topological polar surface area (TPSA) is 73.8 Å². The van der Waals surface area contributed by atoms with Gasteiger partial charge in [0.25, 0.3) is 0 Å². The van der Waals surface area contributed by atoms with Crippen molar-refractivity contribution >= 4 is 5.78 Å². The lowest BCUT2D eigenvalue weighted by molar-refractivity contribution is 0.103. The summed E-state index contributed by atoms with van der Waals surface area (Å²) in [5, 5.41) is 7.68. The quantitative estimate of drug-likeness (QED) is 0.787. The van der Waals surface area contributed by atoms with Crippen LogP contribution < -0.4 is 5.73 Å². The number of benzene rings is 1. The molecule has 1 heterocycles. The molecule has 0 aliphatic heterocycles. The molecule has 17 heavy (non-hydrogen) atoms. The van der Waals surface area contributed by atoms with Crippen molar-refractivity contribution in [3.05, 3.63) is 47.3 Å². The van der Waals surface area contributed by atoms with Crippen LogP contribution in [0, 0.1) is 6.92 Å². The number of hydrogen-bond donors (Lipinski definition) is 1. The molecular formula is C12H14N4O. The van der Waals surface area contributed by atoms with E-state index in [4.69, 9.17) is 5.73 Å². The third kappa shape index (κ3) is 2.57. The lowest BCUT2D eigenvalue weighted by Gasteiger charge is -1.97. The number of aromatic nitrogens is 3. The summed E-state index contributed by atoms with van der Waals surface area (Å²) in [5.74, 6) is -0.117. The van der Waals surface area contributed by atoms with E-state index < -0.39 is 0 Å². The first-order valence-electron chi connectivity index (χ1n) is 5.42. The van der Waals surface area contributed by atoms with Crippen molar-refractivity contribution < 1.29 is 4.79 Å². The van der Waals surface area contributed by atoms with Gasteiger partial charge in [0.15, 0.2) is 5.69 Å². The SMILES string of the molecule is Cc1ccc(C(=O)c2cn(CCN)nn2)cc1. The number of carbonyl (C=O) groups is 1. The minimum Gasteiger partial charge on any atom is -0.329 e. The van der Waals surface area contributed by atoms with Crippen molar-refractivity contribution in [2.45, 2.75) is 13.5 Å². The van der Waals surface area contributed by atoms with Crippen LogP contribution in [0.2, 0.25) is 0 Å². The normalized spacial score (nSPS) is 10.5. The number of ketones is 1. The first-order valence-corrected chi connectivity index (χ1v) is 5.42. The molecule has 0 atom stereocenters. The Morgan fingerprint density at radius 1 is 1.35 bits per heavy atom. The van der Waals surface area contributed by atoms with Crippen LogP contribution in [0.25, 0.3) is 0 Å². The number of aryl methyl sites for hydroxylation is 1. The summed E-state index contributed by atoms with van der Waals surface area (Å²) in [6, 6.07) is 7.38. The van der Waals surface area contributed by atoms with Crippen LogP contribution in [0.3, 0.4) is 0 Å². The Hall–Kier alpha value is -2.01. The number of rotatable bonds is 4. The number of nitrogens with two attached hydrogens (primary N) is 1. The smallest absolute Gasteiger partial charge is 0.214 e. The second-order valence-electron chi connectivity index (χ2n) is 3.85. The van der Waals surface area contributed by atoms with E-state index in [1.807, 2.05) is 19.1 Å². The summed E-state index contributed by atoms with van der Waals surface area (Å²) in [4.78, 5) is 12.0. The van der Waals surface area contributed by atoms with E-state index in [1.54, 1.807) is 23.0 Å². The summed E-state index contributed by atoms with van der Waals surface area (Å²) in [5.41, 5.74) is 7.49. The standard InChI is InChI=1S/C12H14N4O/c1-9-2-4-10(5-3-9)12(17)11-8-16(7-6-13)15-14-11/h2-5,8H,6-7,13H2,1H3. The van der Waals surface area contributed by atoms with E-state index in [0.29, 0.717) is 24.3 Å². The molecule has 0 aliphatic carbocycles. The maximum absolute atomic E-state index is 12.0. The van der Waals surface area contributed by atoms with Gasteiger partial charge in [0.2, 0.25) is 5.78 Å². The summed E-state index contributed by atoms with van der Waals surface area (Å²) in [7, 11) is 0. The lowest BCUT2D eigenvalue weighted by Crippen LogP contribution is -2.10. The number of hydrogen-bond acceptors (Lipinski definition) is 4. The molecule has 0 fully saturated rings.